The summed E-state index contributed by atoms with van der Waals surface area (Å²) < 4.78 is 0. The molecule has 0 saturated carbocycles. The molecule has 1 amide bonds. The number of aromatic nitrogens is 2. The largest absolute Gasteiger partial charge is 0.369 e. The first-order valence-electron chi connectivity index (χ1n) is 9.89. The van der Waals surface area contributed by atoms with Gasteiger partial charge in [-0.2, -0.15) is 0 Å². The molecule has 2 aliphatic rings. The third-order valence-corrected chi connectivity index (χ3v) is 5.61. The van der Waals surface area contributed by atoms with Gasteiger partial charge in [0.25, 0.3) is 0 Å². The van der Waals surface area contributed by atoms with E-state index in [1.165, 1.54) is 0 Å². The topological polar surface area (TPSA) is 73.4 Å². The van der Waals surface area contributed by atoms with Gasteiger partial charge >= 0.3 is 0 Å². The van der Waals surface area contributed by atoms with Gasteiger partial charge in [-0.25, -0.2) is 9.97 Å². The molecule has 2 aliphatic heterocycles. The van der Waals surface area contributed by atoms with Crippen LogP contribution < -0.4 is 15.5 Å². The smallest absolute Gasteiger partial charge is 0.242 e. The van der Waals surface area contributed by atoms with Gasteiger partial charge < -0.3 is 20.4 Å². The number of hydrogen-bond acceptors (Lipinski definition) is 6. The molecule has 0 aliphatic carbocycles. The van der Waals surface area contributed by atoms with E-state index in [0.29, 0.717) is 25.0 Å². The van der Waals surface area contributed by atoms with Crippen LogP contribution in [0.25, 0.3) is 0 Å². The van der Waals surface area contributed by atoms with Crippen LogP contribution in [-0.2, 0) is 11.3 Å². The average molecular weight is 361 g/mol. The predicted molar refractivity (Wildman–Crippen MR) is 104 cm³/mol. The zero-order chi connectivity index (χ0) is 18.5. The molecular weight excluding hydrogens is 328 g/mol. The van der Waals surface area contributed by atoms with Crippen LogP contribution in [0, 0.1) is 5.92 Å². The van der Waals surface area contributed by atoms with Gasteiger partial charge in [-0.15, -0.1) is 0 Å². The lowest BCUT2D eigenvalue weighted by Crippen LogP contribution is -2.43. The summed E-state index contributed by atoms with van der Waals surface area (Å²) in [4.78, 5) is 25.9. The second-order valence-electron chi connectivity index (χ2n) is 7.63. The lowest BCUT2D eigenvalue weighted by molar-refractivity contribution is -0.132. The highest BCUT2D eigenvalue weighted by Crippen LogP contribution is 2.29. The first kappa shape index (κ1) is 18.9. The van der Waals surface area contributed by atoms with Gasteiger partial charge in [-0.3, -0.25) is 4.79 Å². The van der Waals surface area contributed by atoms with Gasteiger partial charge in [0, 0.05) is 19.6 Å². The molecule has 0 aromatic carbocycles. The van der Waals surface area contributed by atoms with Crippen molar-refractivity contribution in [1.82, 2.24) is 20.2 Å². The van der Waals surface area contributed by atoms with Gasteiger partial charge in [0.05, 0.1) is 18.7 Å². The highest BCUT2D eigenvalue weighted by Gasteiger charge is 2.31. The number of likely N-dealkylation sites (N-methyl/N-ethyl adjacent to an activating group) is 1. The van der Waals surface area contributed by atoms with Crippen LogP contribution in [0.2, 0.25) is 0 Å². The van der Waals surface area contributed by atoms with E-state index in [0.717, 1.165) is 62.5 Å². The van der Waals surface area contributed by atoms with Crippen molar-refractivity contribution in [3.8, 4) is 0 Å². The number of nitrogens with one attached hydrogen (secondary N) is 2. The van der Waals surface area contributed by atoms with Crippen LogP contribution in [0.3, 0.4) is 0 Å². The highest BCUT2D eigenvalue weighted by molar-refractivity contribution is 5.83. The Hall–Kier alpha value is -1.89. The fraction of sp³-hybridized carbons (Fsp3) is 0.737. The highest BCUT2D eigenvalue weighted by atomic mass is 16.2. The van der Waals surface area contributed by atoms with Gasteiger partial charge in [0.2, 0.25) is 5.91 Å². The van der Waals surface area contributed by atoms with E-state index in [2.05, 4.69) is 39.3 Å². The maximum Gasteiger partial charge on any atom is 0.242 e. The quantitative estimate of drug-likeness (QED) is 0.835. The van der Waals surface area contributed by atoms with E-state index in [1.807, 2.05) is 11.9 Å². The Morgan fingerprint density at radius 3 is 2.96 bits per heavy atom. The van der Waals surface area contributed by atoms with Crippen LogP contribution >= 0.6 is 0 Å². The molecule has 1 fully saturated rings. The maximum atomic E-state index is 12.9. The summed E-state index contributed by atoms with van der Waals surface area (Å²) in [6, 6.07) is 0.291. The summed E-state index contributed by atoms with van der Waals surface area (Å²) in [6.45, 7) is 8.28. The number of carbonyl (C=O) groups excluding carboxylic acids is 1. The summed E-state index contributed by atoms with van der Waals surface area (Å²) in [5.41, 5.74) is 1.04. The van der Waals surface area contributed by atoms with E-state index in [9.17, 15) is 4.79 Å². The molecule has 2 N–H and O–H groups in total. The lowest BCUT2D eigenvalue weighted by Gasteiger charge is -2.30. The summed E-state index contributed by atoms with van der Waals surface area (Å²) >= 11 is 0. The molecule has 144 valence electrons. The molecule has 2 unspecified atom stereocenters. The van der Waals surface area contributed by atoms with Gasteiger partial charge in [0.15, 0.2) is 0 Å². The lowest BCUT2D eigenvalue weighted by atomic mass is 10.1. The van der Waals surface area contributed by atoms with E-state index in [-0.39, 0.29) is 5.91 Å². The first-order chi connectivity index (χ1) is 12.6. The number of anilines is 2. The minimum absolute atomic E-state index is 0.185. The molecule has 3 heterocycles. The Labute approximate surface area is 156 Å². The minimum atomic E-state index is 0.185. The molecule has 0 bridgehead atoms. The molecule has 1 aromatic rings. The summed E-state index contributed by atoms with van der Waals surface area (Å²) in [5, 5.41) is 6.93. The second-order valence-corrected chi connectivity index (χ2v) is 7.63. The van der Waals surface area contributed by atoms with Gasteiger partial charge in [-0.05, 0) is 38.3 Å². The van der Waals surface area contributed by atoms with Crippen LogP contribution in [0.15, 0.2) is 6.33 Å². The average Bonchev–Trinajstić information content (AvgIpc) is 2.98. The van der Waals surface area contributed by atoms with Crippen LogP contribution in [0.1, 0.15) is 45.1 Å². The molecule has 7 heteroatoms. The standard InChI is InChI=1S/C19H32N6O/c1-4-14(2)10-21-18-16-11-25(15-6-5-8-20-9-7-15)17(26)12-24(3)19(16)23-13-22-18/h13-15,20H,4-12H2,1-3H3,(H,21,22,23). The van der Waals surface area contributed by atoms with Crippen LogP contribution in [0.4, 0.5) is 11.6 Å². The van der Waals surface area contributed by atoms with E-state index in [4.69, 9.17) is 0 Å². The number of nitrogens with zero attached hydrogens (tertiary/aromatic N) is 4. The molecule has 7 nitrogen and oxygen atoms in total. The zero-order valence-corrected chi connectivity index (χ0v) is 16.3. The summed E-state index contributed by atoms with van der Waals surface area (Å²) in [6.07, 6.45) is 5.90. The summed E-state index contributed by atoms with van der Waals surface area (Å²) in [5.74, 6) is 2.50. The monoisotopic (exact) mass is 360 g/mol. The molecule has 26 heavy (non-hydrogen) atoms. The molecule has 1 saturated heterocycles. The predicted octanol–water partition coefficient (Wildman–Crippen LogP) is 1.86. The molecule has 1 aromatic heterocycles. The van der Waals surface area contributed by atoms with Gasteiger partial charge in [-0.1, -0.05) is 20.3 Å². The van der Waals surface area contributed by atoms with Crippen LogP contribution in [-0.4, -0.2) is 60.0 Å². The second kappa shape index (κ2) is 8.66. The number of rotatable bonds is 5. The number of amides is 1. The Morgan fingerprint density at radius 2 is 2.15 bits per heavy atom. The van der Waals surface area contributed by atoms with Crippen molar-refractivity contribution >= 4 is 17.5 Å². The zero-order valence-electron chi connectivity index (χ0n) is 16.3. The third-order valence-electron chi connectivity index (χ3n) is 5.61. The van der Waals surface area contributed by atoms with Crippen molar-refractivity contribution in [3.63, 3.8) is 0 Å². The van der Waals surface area contributed by atoms with Crippen molar-refractivity contribution in [2.24, 2.45) is 5.92 Å². The summed E-state index contributed by atoms with van der Waals surface area (Å²) in [7, 11) is 1.94. The fourth-order valence-corrected chi connectivity index (χ4v) is 3.72. The Kier molecular flexibility index (Phi) is 6.29. The Morgan fingerprint density at radius 1 is 1.31 bits per heavy atom. The van der Waals surface area contributed by atoms with E-state index < -0.39 is 0 Å². The first-order valence-corrected chi connectivity index (χ1v) is 9.89. The third kappa shape index (κ3) is 4.26. The fourth-order valence-electron chi connectivity index (χ4n) is 3.72. The Bertz CT molecular complexity index is 614. The molecule has 2 atom stereocenters. The van der Waals surface area contributed by atoms with E-state index >= 15 is 0 Å². The molecule has 0 spiro atoms. The van der Waals surface area contributed by atoms with Crippen molar-refractivity contribution in [2.75, 3.05) is 43.4 Å². The number of fused-ring (bicyclic) bond motifs is 1. The van der Waals surface area contributed by atoms with Crippen LogP contribution in [0.5, 0.6) is 0 Å². The van der Waals surface area contributed by atoms with Crippen molar-refractivity contribution < 1.29 is 4.79 Å². The van der Waals surface area contributed by atoms with Crippen molar-refractivity contribution in [3.05, 3.63) is 11.9 Å². The van der Waals surface area contributed by atoms with E-state index in [1.54, 1.807) is 6.33 Å². The number of hydrogen-bond donors (Lipinski definition) is 2. The minimum Gasteiger partial charge on any atom is -0.369 e. The number of carbonyl (C=O) groups is 1. The maximum absolute atomic E-state index is 12.9. The molecule has 0 radical (unpaired) electrons. The normalized spacial score (nSPS) is 22.4. The van der Waals surface area contributed by atoms with Crippen molar-refractivity contribution in [2.45, 2.75) is 52.1 Å². The van der Waals surface area contributed by atoms with Crippen molar-refractivity contribution in [1.29, 1.82) is 0 Å². The molecule has 3 rings (SSSR count). The SMILES string of the molecule is CCC(C)CNc1ncnc2c1CN(C1CCCNCC1)C(=O)CN2C. The van der Waals surface area contributed by atoms with Gasteiger partial charge in [0.1, 0.15) is 18.0 Å². The molecular formula is C19H32N6O. The Balaban J connectivity index is 1.87.